The Bertz CT molecular complexity index is 1240. The van der Waals surface area contributed by atoms with Crippen LogP contribution in [-0.4, -0.2) is 36.6 Å². The smallest absolute Gasteiger partial charge is 0.407 e. The van der Waals surface area contributed by atoms with Crippen molar-refractivity contribution in [3.63, 3.8) is 0 Å². The summed E-state index contributed by atoms with van der Waals surface area (Å²) in [5, 5.41) is 0. The third kappa shape index (κ3) is 4.01. The molecule has 1 aliphatic heterocycles. The number of hydrazone groups is 1. The third-order valence-electron chi connectivity index (χ3n) is 5.17. The quantitative estimate of drug-likeness (QED) is 0.197. The zero-order chi connectivity index (χ0) is 23.0. The van der Waals surface area contributed by atoms with E-state index in [-0.39, 0.29) is 11.3 Å². The first-order chi connectivity index (χ1) is 15.3. The Labute approximate surface area is 212 Å². The molecule has 0 spiro atoms. The average molecular weight is 653 g/mol. The number of hydrogen-bond acceptors (Lipinski definition) is 5. The first kappa shape index (κ1) is 22.7. The van der Waals surface area contributed by atoms with E-state index in [2.05, 4.69) is 50.6 Å². The normalized spacial score (nSPS) is 15.3. The van der Waals surface area contributed by atoms with Gasteiger partial charge in [-0.25, -0.2) is 9.59 Å². The molecule has 2 aliphatic rings. The summed E-state index contributed by atoms with van der Waals surface area (Å²) in [6.45, 7) is 1.86. The fraction of sp³-hybridized carbons (Fsp3) is 0.125. The maximum absolute atomic E-state index is 13.3. The van der Waals surface area contributed by atoms with Crippen LogP contribution in [0.2, 0.25) is 0 Å². The number of carbonyl (C=O) groups excluding carboxylic acids is 2. The Hall–Kier alpha value is -2.47. The van der Waals surface area contributed by atoms with Gasteiger partial charge in [0, 0.05) is 18.8 Å². The lowest BCUT2D eigenvalue weighted by molar-refractivity contribution is -0.514. The van der Waals surface area contributed by atoms with Gasteiger partial charge in [0.1, 0.15) is 0 Å². The summed E-state index contributed by atoms with van der Waals surface area (Å²) in [5.41, 5.74) is 8.46. The maximum atomic E-state index is 13.3. The highest BCUT2D eigenvalue weighted by Gasteiger charge is 2.41. The SMILES string of the molecule is COC(=O)C(=C1c2cc(I)ccc2-c2ccc(I)cc21)C(C(=O)OC)=[N+]1C=CC=C(C)N1. The molecule has 4 rings (SSSR count). The molecule has 0 fully saturated rings. The van der Waals surface area contributed by atoms with Gasteiger partial charge in [-0.3, -0.25) is 0 Å². The van der Waals surface area contributed by atoms with Crippen LogP contribution in [0.3, 0.4) is 0 Å². The van der Waals surface area contributed by atoms with Gasteiger partial charge in [-0.2, -0.15) is 5.43 Å². The fourth-order valence-corrected chi connectivity index (χ4v) is 4.82. The lowest BCUT2D eigenvalue weighted by atomic mass is 9.94. The molecule has 2 aromatic carbocycles. The second kappa shape index (κ2) is 9.18. The number of halogens is 2. The first-order valence-electron chi connectivity index (χ1n) is 9.65. The van der Waals surface area contributed by atoms with Crippen LogP contribution in [0.25, 0.3) is 16.7 Å². The Morgan fingerprint density at radius 3 is 1.94 bits per heavy atom. The number of esters is 2. The van der Waals surface area contributed by atoms with Crippen molar-refractivity contribution < 1.29 is 23.7 Å². The predicted octanol–water partition coefficient (Wildman–Crippen LogP) is 4.41. The van der Waals surface area contributed by atoms with E-state index in [9.17, 15) is 9.59 Å². The largest absolute Gasteiger partial charge is 0.465 e. The highest BCUT2D eigenvalue weighted by atomic mass is 127. The summed E-state index contributed by atoms with van der Waals surface area (Å²) < 4.78 is 13.8. The average Bonchev–Trinajstić information content (AvgIpc) is 3.08. The number of allylic oxidation sites excluding steroid dienone is 3. The lowest BCUT2D eigenvalue weighted by Gasteiger charge is -2.14. The van der Waals surface area contributed by atoms with Crippen molar-refractivity contribution in [1.29, 1.82) is 0 Å². The van der Waals surface area contributed by atoms with Crippen molar-refractivity contribution in [3.05, 3.63) is 84.3 Å². The Kier molecular flexibility index (Phi) is 6.52. The van der Waals surface area contributed by atoms with E-state index in [0.717, 1.165) is 35.1 Å². The highest BCUT2D eigenvalue weighted by Crippen LogP contribution is 2.47. The molecule has 0 aromatic heterocycles. The van der Waals surface area contributed by atoms with Gasteiger partial charge < -0.3 is 9.47 Å². The van der Waals surface area contributed by atoms with Crippen LogP contribution in [-0.2, 0) is 19.1 Å². The van der Waals surface area contributed by atoms with E-state index >= 15 is 0 Å². The summed E-state index contributed by atoms with van der Waals surface area (Å²) in [6.07, 6.45) is 5.32. The summed E-state index contributed by atoms with van der Waals surface area (Å²) in [7, 11) is 2.60. The number of fused-ring (bicyclic) bond motifs is 3. The highest BCUT2D eigenvalue weighted by molar-refractivity contribution is 14.1. The number of nitrogens with one attached hydrogen (secondary N) is 1. The van der Waals surface area contributed by atoms with E-state index in [1.807, 2.05) is 49.4 Å². The molecule has 0 radical (unpaired) electrons. The number of nitrogens with zero attached hydrogens (tertiary/aromatic N) is 1. The zero-order valence-corrected chi connectivity index (χ0v) is 21.8. The van der Waals surface area contributed by atoms with Crippen molar-refractivity contribution in [3.8, 4) is 11.1 Å². The van der Waals surface area contributed by atoms with Crippen LogP contribution in [0, 0.1) is 7.14 Å². The van der Waals surface area contributed by atoms with Gasteiger partial charge in [0.15, 0.2) is 5.57 Å². The molecule has 0 atom stereocenters. The zero-order valence-electron chi connectivity index (χ0n) is 17.5. The molecule has 2 aromatic rings. The molecule has 0 bridgehead atoms. The third-order valence-corrected chi connectivity index (χ3v) is 6.51. The number of hydrazine groups is 1. The van der Waals surface area contributed by atoms with Crippen molar-refractivity contribution in [2.75, 3.05) is 14.2 Å². The number of methoxy groups -OCH3 is 2. The molecule has 0 saturated carbocycles. The summed E-state index contributed by atoms with van der Waals surface area (Å²) in [5.74, 6) is -1.28. The molecular weight excluding hydrogens is 634 g/mol. The molecule has 32 heavy (non-hydrogen) atoms. The van der Waals surface area contributed by atoms with Gasteiger partial charge in [-0.15, -0.1) is 0 Å². The summed E-state index contributed by atoms with van der Waals surface area (Å²) in [4.78, 5) is 26.3. The lowest BCUT2D eigenvalue weighted by Crippen LogP contribution is -2.39. The van der Waals surface area contributed by atoms with Gasteiger partial charge >= 0.3 is 17.7 Å². The topological polar surface area (TPSA) is 67.6 Å². The van der Waals surface area contributed by atoms with Crippen LogP contribution in [0.1, 0.15) is 18.1 Å². The van der Waals surface area contributed by atoms with Crippen LogP contribution < -0.4 is 5.43 Å². The number of rotatable bonds is 3. The molecule has 8 heteroatoms. The van der Waals surface area contributed by atoms with E-state index in [4.69, 9.17) is 9.47 Å². The van der Waals surface area contributed by atoms with Crippen molar-refractivity contribution in [2.24, 2.45) is 0 Å². The number of hydrogen-bond donors (Lipinski definition) is 1. The van der Waals surface area contributed by atoms with Gasteiger partial charge in [0.05, 0.1) is 19.9 Å². The Morgan fingerprint density at radius 2 is 1.44 bits per heavy atom. The van der Waals surface area contributed by atoms with Crippen LogP contribution in [0.5, 0.6) is 0 Å². The van der Waals surface area contributed by atoms with Crippen molar-refractivity contribution >= 4 is 68.4 Å². The molecule has 0 saturated heterocycles. The molecular formula is C24H19I2N2O4+. The Balaban J connectivity index is 2.16. The predicted molar refractivity (Wildman–Crippen MR) is 139 cm³/mol. The molecule has 0 amide bonds. The van der Waals surface area contributed by atoms with E-state index < -0.39 is 11.9 Å². The van der Waals surface area contributed by atoms with Crippen molar-refractivity contribution in [2.45, 2.75) is 6.92 Å². The van der Waals surface area contributed by atoms with Crippen molar-refractivity contribution in [1.82, 2.24) is 5.43 Å². The van der Waals surface area contributed by atoms with Crippen LogP contribution in [0.15, 0.2) is 66.0 Å². The number of ether oxygens (including phenoxy) is 2. The second-order valence-corrected chi connectivity index (χ2v) is 9.63. The van der Waals surface area contributed by atoms with E-state index in [0.29, 0.717) is 5.57 Å². The van der Waals surface area contributed by atoms with Gasteiger partial charge in [0.2, 0.25) is 6.20 Å². The molecule has 1 heterocycles. The standard InChI is InChI=1S/C24H18I2N2O4/c1-13-5-4-10-28(27-13)22(24(30)32-3)21(23(29)31-2)20-18-11-14(25)6-8-16(18)17-9-7-15(26)12-19(17)20/h4-12H,1-3H3/p+1. The minimum absolute atomic E-state index is 0.0505. The van der Waals surface area contributed by atoms with Crippen LogP contribution in [0.4, 0.5) is 0 Å². The summed E-state index contributed by atoms with van der Waals surface area (Å²) in [6, 6.07) is 12.1. The first-order valence-corrected chi connectivity index (χ1v) is 11.8. The molecule has 0 unspecified atom stereocenters. The van der Waals surface area contributed by atoms with E-state index in [1.54, 1.807) is 12.3 Å². The number of carbonyl (C=O) groups is 2. The minimum Gasteiger partial charge on any atom is -0.465 e. The Morgan fingerprint density at radius 1 is 0.875 bits per heavy atom. The molecule has 1 aliphatic carbocycles. The number of benzene rings is 2. The van der Waals surface area contributed by atoms with Gasteiger partial charge in [0.25, 0.3) is 0 Å². The van der Waals surface area contributed by atoms with Gasteiger partial charge in [-0.05, 0) is 105 Å². The maximum Gasteiger partial charge on any atom is 0.407 e. The van der Waals surface area contributed by atoms with Gasteiger partial charge in [-0.1, -0.05) is 16.8 Å². The minimum atomic E-state index is -0.656. The van der Waals surface area contributed by atoms with E-state index in [1.165, 1.54) is 18.9 Å². The molecule has 162 valence electrons. The fourth-order valence-electron chi connectivity index (χ4n) is 3.84. The van der Waals surface area contributed by atoms with Crippen LogP contribution >= 0.6 is 45.2 Å². The monoisotopic (exact) mass is 653 g/mol. The summed E-state index contributed by atoms with van der Waals surface area (Å²) >= 11 is 4.49. The second-order valence-electron chi connectivity index (χ2n) is 7.13. The molecule has 6 nitrogen and oxygen atoms in total. The molecule has 1 N–H and O–H groups in total.